The zero-order valence-corrected chi connectivity index (χ0v) is 26.5. The summed E-state index contributed by atoms with van der Waals surface area (Å²) in [6.45, 7) is 6.64. The Labute approximate surface area is 244 Å². The summed E-state index contributed by atoms with van der Waals surface area (Å²) in [5, 5.41) is 19.0. The van der Waals surface area contributed by atoms with Crippen LogP contribution in [0.1, 0.15) is 167 Å². The van der Waals surface area contributed by atoms with Gasteiger partial charge in [-0.25, -0.2) is 14.4 Å². The van der Waals surface area contributed by atoms with E-state index in [1.54, 1.807) is 0 Å². The Morgan fingerprint density at radius 3 is 1.15 bits per heavy atom. The van der Waals surface area contributed by atoms with E-state index in [0.717, 1.165) is 63.1 Å². The number of rotatable bonds is 25. The molecule has 0 bridgehead atoms. The predicted molar refractivity (Wildman–Crippen MR) is 167 cm³/mol. The van der Waals surface area contributed by atoms with Gasteiger partial charge in [0.2, 0.25) is 0 Å². The van der Waals surface area contributed by atoms with Gasteiger partial charge >= 0.3 is 17.9 Å². The molecule has 2 N–H and O–H groups in total. The molecule has 0 amide bonds. The van der Waals surface area contributed by atoms with E-state index in [0.29, 0.717) is 0 Å². The smallest absolute Gasteiger partial charge is 0.380 e. The molecule has 0 heterocycles. The van der Waals surface area contributed by atoms with Crippen molar-refractivity contribution in [2.45, 2.75) is 136 Å². The summed E-state index contributed by atoms with van der Waals surface area (Å²) >= 11 is 0. The molecule has 0 radical (unpaired) electrons. The maximum atomic E-state index is 13.6. The standard InChI is InChI=1S/C33H55O6P/c1-4-7-10-13-16-19-22-40(23-20-17-14-11-8-5-2,24-21-18-15-12-9-6-3)39-33(38)30-26-28(31(34)35)25-29(27-30)32(36)37/h25-27H,4-24H2,1-3H3,(H-,34,35,36,37)/p+1. The van der Waals surface area contributed by atoms with Crippen LogP contribution in [0.3, 0.4) is 0 Å². The van der Waals surface area contributed by atoms with Crippen molar-refractivity contribution in [3.63, 3.8) is 0 Å². The van der Waals surface area contributed by atoms with Gasteiger partial charge in [0.25, 0.3) is 0 Å². The monoisotopic (exact) mass is 579 g/mol. The van der Waals surface area contributed by atoms with Crippen molar-refractivity contribution < 1.29 is 29.1 Å². The van der Waals surface area contributed by atoms with Gasteiger partial charge < -0.3 is 14.7 Å². The molecule has 0 aromatic heterocycles. The van der Waals surface area contributed by atoms with Gasteiger partial charge in [0.1, 0.15) is 0 Å². The van der Waals surface area contributed by atoms with E-state index in [9.17, 15) is 24.6 Å². The van der Waals surface area contributed by atoms with Crippen LogP contribution in [-0.2, 0) is 4.52 Å². The molecule has 0 aliphatic rings. The number of carboxylic acid groups (broad SMARTS) is 2. The highest BCUT2D eigenvalue weighted by Gasteiger charge is 2.42. The maximum absolute atomic E-state index is 13.6. The Kier molecular flexibility index (Phi) is 19.6. The quantitative estimate of drug-likeness (QED) is 0.0883. The second-order valence-corrected chi connectivity index (χ2v) is 15.0. The molecule has 0 unspecified atom stereocenters. The number of aromatic carboxylic acids is 2. The Bertz CT molecular complexity index is 795. The minimum Gasteiger partial charge on any atom is -0.478 e. The van der Waals surface area contributed by atoms with E-state index >= 15 is 0 Å². The van der Waals surface area contributed by atoms with Gasteiger partial charge in [0.05, 0.1) is 35.2 Å². The van der Waals surface area contributed by atoms with Crippen LogP contribution in [-0.4, -0.2) is 46.6 Å². The zero-order valence-electron chi connectivity index (χ0n) is 25.6. The van der Waals surface area contributed by atoms with Crippen LogP contribution in [0.4, 0.5) is 0 Å². The predicted octanol–water partition coefficient (Wildman–Crippen LogP) is 10.3. The number of hydrogen-bond acceptors (Lipinski definition) is 4. The fourth-order valence-electron chi connectivity index (χ4n) is 5.23. The molecule has 1 rings (SSSR count). The molecule has 0 atom stereocenters. The first-order valence-electron chi connectivity index (χ1n) is 16.0. The van der Waals surface area contributed by atoms with E-state index < -0.39 is 25.4 Å². The fourth-order valence-corrected chi connectivity index (χ4v) is 9.04. The van der Waals surface area contributed by atoms with Gasteiger partial charge in [-0.2, -0.15) is 0 Å². The van der Waals surface area contributed by atoms with Gasteiger partial charge in [0.15, 0.2) is 7.49 Å². The summed E-state index contributed by atoms with van der Waals surface area (Å²) in [4.78, 5) is 36.8. The zero-order chi connectivity index (χ0) is 29.6. The SMILES string of the molecule is CCCCCCCC[P+](CCCCCCCC)(CCCCCCCC)OC(=O)c1cc(C(=O)O)cc(C(=O)O)c1. The van der Waals surface area contributed by atoms with Gasteiger partial charge in [-0.3, -0.25) is 0 Å². The van der Waals surface area contributed by atoms with Crippen LogP contribution in [0.2, 0.25) is 0 Å². The minimum absolute atomic E-state index is 0.0236. The average molecular weight is 580 g/mol. The molecule has 228 valence electrons. The van der Waals surface area contributed by atoms with Crippen molar-refractivity contribution in [1.82, 2.24) is 0 Å². The highest BCUT2D eigenvalue weighted by atomic mass is 31.2. The van der Waals surface area contributed by atoms with Gasteiger partial charge in [0, 0.05) is 0 Å². The highest BCUT2D eigenvalue weighted by Crippen LogP contribution is 2.62. The first kappa shape index (κ1) is 36.1. The number of carbonyl (C=O) groups excluding carboxylic acids is 1. The van der Waals surface area contributed by atoms with E-state index in [1.165, 1.54) is 89.2 Å². The Balaban J connectivity index is 3.15. The normalized spacial score (nSPS) is 11.5. The van der Waals surface area contributed by atoms with Crippen LogP contribution in [0.15, 0.2) is 18.2 Å². The van der Waals surface area contributed by atoms with Crippen LogP contribution < -0.4 is 0 Å². The number of carbonyl (C=O) groups is 3. The van der Waals surface area contributed by atoms with Gasteiger partial charge in [-0.15, -0.1) is 0 Å². The highest BCUT2D eigenvalue weighted by molar-refractivity contribution is 7.71. The fraction of sp³-hybridized carbons (Fsp3) is 0.727. The van der Waals surface area contributed by atoms with Crippen LogP contribution in [0.5, 0.6) is 0 Å². The third-order valence-corrected chi connectivity index (χ3v) is 11.6. The van der Waals surface area contributed by atoms with E-state index in [4.69, 9.17) is 4.52 Å². The second-order valence-electron chi connectivity index (χ2n) is 11.3. The molecule has 1 aromatic carbocycles. The molecule has 0 saturated carbocycles. The van der Waals surface area contributed by atoms with Crippen molar-refractivity contribution >= 4 is 25.4 Å². The number of unbranched alkanes of at least 4 members (excludes halogenated alkanes) is 15. The lowest BCUT2D eigenvalue weighted by Gasteiger charge is -2.26. The van der Waals surface area contributed by atoms with Gasteiger partial charge in [-0.05, 0) is 56.7 Å². The molecular formula is C33H56O6P+. The molecule has 0 saturated heterocycles. The molecule has 0 aliphatic heterocycles. The second kappa shape index (κ2) is 21.8. The van der Waals surface area contributed by atoms with Gasteiger partial charge in [-0.1, -0.05) is 97.8 Å². The summed E-state index contributed by atoms with van der Waals surface area (Å²) in [5.41, 5.74) is -0.396. The van der Waals surface area contributed by atoms with Crippen molar-refractivity contribution in [3.8, 4) is 0 Å². The molecule has 0 fully saturated rings. The first-order valence-corrected chi connectivity index (χ1v) is 18.3. The summed E-state index contributed by atoms with van der Waals surface area (Å²) in [5.74, 6) is -3.09. The topological polar surface area (TPSA) is 101 Å². The lowest BCUT2D eigenvalue weighted by Crippen LogP contribution is -2.18. The number of hydrogen-bond donors (Lipinski definition) is 2. The summed E-state index contributed by atoms with van der Waals surface area (Å²) in [6.07, 6.45) is 23.8. The average Bonchev–Trinajstić information content (AvgIpc) is 2.94. The molecule has 7 heteroatoms. The van der Waals surface area contributed by atoms with Crippen molar-refractivity contribution in [2.75, 3.05) is 18.5 Å². The van der Waals surface area contributed by atoms with Crippen LogP contribution >= 0.6 is 7.49 Å². The Morgan fingerprint density at radius 2 is 0.825 bits per heavy atom. The summed E-state index contributed by atoms with van der Waals surface area (Å²) in [7, 11) is -2.11. The lowest BCUT2D eigenvalue weighted by molar-refractivity contribution is 0.0696. The van der Waals surface area contributed by atoms with Crippen molar-refractivity contribution in [1.29, 1.82) is 0 Å². The lowest BCUT2D eigenvalue weighted by atomic mass is 10.1. The third-order valence-electron chi connectivity index (χ3n) is 7.70. The molecule has 0 spiro atoms. The molecule has 1 aromatic rings. The minimum atomic E-state index is -2.11. The first-order chi connectivity index (χ1) is 19.3. The van der Waals surface area contributed by atoms with E-state index in [1.807, 2.05) is 0 Å². The van der Waals surface area contributed by atoms with E-state index in [2.05, 4.69) is 20.8 Å². The third kappa shape index (κ3) is 15.2. The maximum Gasteiger partial charge on any atom is 0.380 e. The van der Waals surface area contributed by atoms with E-state index in [-0.39, 0.29) is 16.7 Å². The number of benzene rings is 1. The Hall–Kier alpha value is -1.94. The summed E-state index contributed by atoms with van der Waals surface area (Å²) < 4.78 is 6.46. The Morgan fingerprint density at radius 1 is 0.525 bits per heavy atom. The number of carboxylic acids is 2. The summed E-state index contributed by atoms with van der Waals surface area (Å²) in [6, 6.07) is 3.60. The molecule has 0 aliphatic carbocycles. The molecule has 40 heavy (non-hydrogen) atoms. The molecular weight excluding hydrogens is 523 g/mol. The van der Waals surface area contributed by atoms with Crippen LogP contribution in [0.25, 0.3) is 0 Å². The van der Waals surface area contributed by atoms with Crippen molar-refractivity contribution in [3.05, 3.63) is 34.9 Å². The largest absolute Gasteiger partial charge is 0.478 e. The molecule has 6 nitrogen and oxygen atoms in total. The van der Waals surface area contributed by atoms with Crippen molar-refractivity contribution in [2.24, 2.45) is 0 Å². The van der Waals surface area contributed by atoms with Crippen LogP contribution in [0, 0.1) is 0 Å².